The zero-order chi connectivity index (χ0) is 11.6. The highest BCUT2D eigenvalue weighted by atomic mass is 15.1. The summed E-state index contributed by atoms with van der Waals surface area (Å²) in [5, 5.41) is 0. The van der Waals surface area contributed by atoms with Crippen molar-refractivity contribution in [3.05, 3.63) is 0 Å². The Labute approximate surface area is 101 Å². The fourth-order valence-electron chi connectivity index (χ4n) is 3.08. The molecule has 1 aliphatic heterocycles. The van der Waals surface area contributed by atoms with Gasteiger partial charge in [-0.2, -0.15) is 0 Å². The minimum atomic E-state index is 0.569. The Bertz CT molecular complexity index is 231. The average Bonchev–Trinajstić information content (AvgIpc) is 2.96. The first kappa shape index (κ1) is 12.4. The molecule has 0 bridgehead atoms. The topological polar surface area (TPSA) is 29.3 Å². The first-order chi connectivity index (χ1) is 7.55. The Hall–Kier alpha value is -0.0800. The molecule has 1 heterocycles. The number of nitrogens with two attached hydrogens (primary N) is 1. The molecule has 94 valence electrons. The van der Waals surface area contributed by atoms with E-state index in [1.807, 2.05) is 0 Å². The highest BCUT2D eigenvalue weighted by Crippen LogP contribution is 2.49. The molecule has 16 heavy (non-hydrogen) atoms. The molecule has 0 aromatic heterocycles. The van der Waals surface area contributed by atoms with Gasteiger partial charge in [-0.05, 0) is 69.0 Å². The Morgan fingerprint density at radius 1 is 1.06 bits per heavy atom. The summed E-state index contributed by atoms with van der Waals surface area (Å²) in [7, 11) is 0. The van der Waals surface area contributed by atoms with Crippen LogP contribution in [0.5, 0.6) is 0 Å². The molecule has 2 aliphatic rings. The van der Waals surface area contributed by atoms with Crippen molar-refractivity contribution in [1.29, 1.82) is 0 Å². The predicted octanol–water partition coefficient (Wildman–Crippen LogP) is 2.63. The molecular weight excluding hydrogens is 196 g/mol. The lowest BCUT2D eigenvalue weighted by Gasteiger charge is -2.27. The van der Waals surface area contributed by atoms with Gasteiger partial charge in [0.1, 0.15) is 0 Å². The molecule has 2 N–H and O–H groups in total. The molecule has 1 saturated heterocycles. The van der Waals surface area contributed by atoms with E-state index in [9.17, 15) is 0 Å². The second kappa shape index (κ2) is 4.66. The summed E-state index contributed by atoms with van der Waals surface area (Å²) in [5.41, 5.74) is 6.91. The fourth-order valence-corrected chi connectivity index (χ4v) is 3.08. The van der Waals surface area contributed by atoms with Crippen LogP contribution in [0.4, 0.5) is 0 Å². The van der Waals surface area contributed by atoms with Crippen molar-refractivity contribution in [2.75, 3.05) is 26.2 Å². The predicted molar refractivity (Wildman–Crippen MR) is 69.4 cm³/mol. The highest BCUT2D eigenvalue weighted by molar-refractivity contribution is 4.96. The summed E-state index contributed by atoms with van der Waals surface area (Å²) >= 11 is 0. The van der Waals surface area contributed by atoms with Crippen LogP contribution in [0.15, 0.2) is 0 Å². The molecule has 2 nitrogen and oxygen atoms in total. The van der Waals surface area contributed by atoms with Crippen LogP contribution >= 0.6 is 0 Å². The molecule has 2 heteroatoms. The molecule has 2 fully saturated rings. The third kappa shape index (κ3) is 3.21. The molecule has 2 rings (SSSR count). The van der Waals surface area contributed by atoms with Gasteiger partial charge < -0.3 is 10.6 Å². The Morgan fingerprint density at radius 2 is 1.81 bits per heavy atom. The molecule has 0 aromatic rings. The van der Waals surface area contributed by atoms with Crippen molar-refractivity contribution in [3.8, 4) is 0 Å². The molecule has 0 unspecified atom stereocenters. The Balaban J connectivity index is 1.82. The minimum absolute atomic E-state index is 0.569. The van der Waals surface area contributed by atoms with Gasteiger partial charge in [-0.15, -0.1) is 0 Å². The Kier molecular flexibility index (Phi) is 3.60. The van der Waals surface area contributed by atoms with Crippen molar-refractivity contribution in [1.82, 2.24) is 4.90 Å². The van der Waals surface area contributed by atoms with E-state index in [2.05, 4.69) is 18.7 Å². The van der Waals surface area contributed by atoms with Crippen LogP contribution in [0.25, 0.3) is 0 Å². The van der Waals surface area contributed by atoms with E-state index in [0.717, 1.165) is 6.54 Å². The van der Waals surface area contributed by atoms with Crippen LogP contribution in [0.1, 0.15) is 52.4 Å². The van der Waals surface area contributed by atoms with Gasteiger partial charge >= 0.3 is 0 Å². The molecule has 0 radical (unpaired) electrons. The van der Waals surface area contributed by atoms with Gasteiger partial charge in [-0.1, -0.05) is 13.8 Å². The number of hydrogen-bond donors (Lipinski definition) is 1. The van der Waals surface area contributed by atoms with Crippen molar-refractivity contribution in [3.63, 3.8) is 0 Å². The number of nitrogens with zero attached hydrogens (tertiary/aromatic N) is 1. The quantitative estimate of drug-likeness (QED) is 0.795. The molecule has 0 aromatic carbocycles. The van der Waals surface area contributed by atoms with Crippen LogP contribution in [0.3, 0.4) is 0 Å². The van der Waals surface area contributed by atoms with Crippen molar-refractivity contribution in [2.24, 2.45) is 16.6 Å². The van der Waals surface area contributed by atoms with Gasteiger partial charge in [-0.25, -0.2) is 0 Å². The summed E-state index contributed by atoms with van der Waals surface area (Å²) < 4.78 is 0. The smallest absolute Gasteiger partial charge is 0.00385 e. The standard InChI is InChI=1S/C14H28N2/c1-13(2)4-3-10-16(11-8-13)12-14(5-6-14)7-9-15/h3-12,15H2,1-2H3. The molecule has 1 saturated carbocycles. The molecule has 0 atom stereocenters. The van der Waals surface area contributed by atoms with Gasteiger partial charge in [0.15, 0.2) is 0 Å². The summed E-state index contributed by atoms with van der Waals surface area (Å²) in [6.07, 6.45) is 8.23. The average molecular weight is 224 g/mol. The van der Waals surface area contributed by atoms with Crippen molar-refractivity contribution >= 4 is 0 Å². The summed E-state index contributed by atoms with van der Waals surface area (Å²) in [6, 6.07) is 0. The lowest BCUT2D eigenvalue weighted by Crippen LogP contribution is -2.32. The lowest BCUT2D eigenvalue weighted by atomic mass is 9.85. The zero-order valence-corrected chi connectivity index (χ0v) is 11.1. The van der Waals surface area contributed by atoms with Gasteiger partial charge in [0, 0.05) is 6.54 Å². The van der Waals surface area contributed by atoms with Crippen LogP contribution in [-0.4, -0.2) is 31.1 Å². The van der Waals surface area contributed by atoms with Gasteiger partial charge in [0.25, 0.3) is 0 Å². The molecule has 1 aliphatic carbocycles. The lowest BCUT2D eigenvalue weighted by molar-refractivity contribution is 0.211. The summed E-state index contributed by atoms with van der Waals surface area (Å²) in [5.74, 6) is 0. The van der Waals surface area contributed by atoms with Crippen molar-refractivity contribution < 1.29 is 0 Å². The van der Waals surface area contributed by atoms with Crippen LogP contribution in [-0.2, 0) is 0 Å². The fraction of sp³-hybridized carbons (Fsp3) is 1.00. The highest BCUT2D eigenvalue weighted by Gasteiger charge is 2.43. The molecular formula is C14H28N2. The normalized spacial score (nSPS) is 28.7. The largest absolute Gasteiger partial charge is 0.330 e. The second-order valence-corrected chi connectivity index (χ2v) is 6.83. The van der Waals surface area contributed by atoms with Crippen LogP contribution < -0.4 is 5.73 Å². The summed E-state index contributed by atoms with van der Waals surface area (Å²) in [6.45, 7) is 9.65. The molecule has 0 amide bonds. The maximum atomic E-state index is 5.72. The zero-order valence-electron chi connectivity index (χ0n) is 11.1. The first-order valence-corrected chi connectivity index (χ1v) is 6.98. The van der Waals surface area contributed by atoms with E-state index in [1.165, 1.54) is 58.2 Å². The third-order valence-electron chi connectivity index (χ3n) is 4.62. The van der Waals surface area contributed by atoms with Gasteiger partial charge in [0.05, 0.1) is 0 Å². The maximum Gasteiger partial charge on any atom is 0.00385 e. The number of hydrogen-bond acceptors (Lipinski definition) is 2. The molecule has 0 spiro atoms. The first-order valence-electron chi connectivity index (χ1n) is 6.98. The monoisotopic (exact) mass is 224 g/mol. The van der Waals surface area contributed by atoms with E-state index < -0.39 is 0 Å². The Morgan fingerprint density at radius 3 is 2.44 bits per heavy atom. The van der Waals surface area contributed by atoms with Crippen LogP contribution in [0.2, 0.25) is 0 Å². The van der Waals surface area contributed by atoms with Crippen molar-refractivity contribution in [2.45, 2.75) is 52.4 Å². The minimum Gasteiger partial charge on any atom is -0.330 e. The van der Waals surface area contributed by atoms with E-state index in [4.69, 9.17) is 5.73 Å². The van der Waals surface area contributed by atoms with E-state index in [1.54, 1.807) is 0 Å². The third-order valence-corrected chi connectivity index (χ3v) is 4.62. The van der Waals surface area contributed by atoms with E-state index >= 15 is 0 Å². The summed E-state index contributed by atoms with van der Waals surface area (Å²) in [4.78, 5) is 2.71. The van der Waals surface area contributed by atoms with Crippen LogP contribution in [0, 0.1) is 10.8 Å². The van der Waals surface area contributed by atoms with Gasteiger partial charge in [0.2, 0.25) is 0 Å². The van der Waals surface area contributed by atoms with Gasteiger partial charge in [-0.3, -0.25) is 0 Å². The maximum absolute atomic E-state index is 5.72. The number of likely N-dealkylation sites (tertiary alicyclic amines) is 1. The van der Waals surface area contributed by atoms with E-state index in [-0.39, 0.29) is 0 Å². The van der Waals surface area contributed by atoms with E-state index in [0.29, 0.717) is 10.8 Å². The second-order valence-electron chi connectivity index (χ2n) is 6.83. The SMILES string of the molecule is CC1(C)CCCN(CC2(CCN)CC2)CC1. The number of rotatable bonds is 4.